The summed E-state index contributed by atoms with van der Waals surface area (Å²) >= 11 is 0. The number of hydrogen-bond donors (Lipinski definition) is 1. The first kappa shape index (κ1) is 9.45. The van der Waals surface area contributed by atoms with Crippen molar-refractivity contribution in [3.8, 4) is 0 Å². The summed E-state index contributed by atoms with van der Waals surface area (Å²) in [5.74, 6) is -0.169. The van der Waals surface area contributed by atoms with E-state index in [2.05, 4.69) is 14.8 Å². The molecule has 1 aromatic rings. The van der Waals surface area contributed by atoms with Crippen LogP contribution in [0.25, 0.3) is 0 Å². The molecule has 1 N–H and O–H groups in total. The summed E-state index contributed by atoms with van der Waals surface area (Å²) < 4.78 is 0. The van der Waals surface area contributed by atoms with Gasteiger partial charge in [0, 0.05) is 26.2 Å². The highest BCUT2D eigenvalue weighted by Gasteiger charge is 2.35. The van der Waals surface area contributed by atoms with E-state index < -0.39 is 5.97 Å². The molecule has 5 heteroatoms. The van der Waals surface area contributed by atoms with Crippen LogP contribution < -0.4 is 9.80 Å². The number of aromatic nitrogens is 1. The molecule has 2 aliphatic rings. The fraction of sp³-hybridized carbons (Fsp3) is 0.455. The molecule has 0 aliphatic carbocycles. The number of carbonyl (C=O) groups is 1. The Morgan fingerprint density at radius 3 is 3.12 bits per heavy atom. The number of carboxylic acids is 1. The highest BCUT2D eigenvalue weighted by Crippen LogP contribution is 2.37. The van der Waals surface area contributed by atoms with Crippen LogP contribution in [0.2, 0.25) is 0 Å². The number of likely N-dealkylation sites (N-methyl/N-ethyl adjacent to an activating group) is 1. The SMILES string of the molecule is CN1c2nc(C(=O)O)ccc2N2CC[C@H]1C2. The molecule has 0 saturated carbocycles. The van der Waals surface area contributed by atoms with Crippen LogP contribution in [0.1, 0.15) is 16.9 Å². The Hall–Kier alpha value is -1.78. The van der Waals surface area contributed by atoms with Crippen LogP contribution in [-0.2, 0) is 0 Å². The number of anilines is 2. The minimum atomic E-state index is -0.968. The average Bonchev–Trinajstić information content (AvgIpc) is 2.71. The molecule has 3 heterocycles. The van der Waals surface area contributed by atoms with E-state index >= 15 is 0 Å². The van der Waals surface area contributed by atoms with E-state index in [-0.39, 0.29) is 5.69 Å². The molecule has 0 radical (unpaired) electrons. The second-order valence-corrected chi connectivity index (χ2v) is 4.34. The van der Waals surface area contributed by atoms with Crippen LogP contribution in [-0.4, -0.2) is 42.2 Å². The van der Waals surface area contributed by atoms with E-state index in [9.17, 15) is 4.79 Å². The van der Waals surface area contributed by atoms with E-state index in [1.807, 2.05) is 13.1 Å². The third-order valence-electron chi connectivity index (χ3n) is 3.46. The first-order chi connectivity index (χ1) is 7.66. The number of fused-ring (bicyclic) bond motifs is 4. The lowest BCUT2D eigenvalue weighted by Crippen LogP contribution is -2.40. The van der Waals surface area contributed by atoms with Gasteiger partial charge in [-0.2, -0.15) is 0 Å². The Bertz CT molecular complexity index is 461. The van der Waals surface area contributed by atoms with Gasteiger partial charge in [-0.3, -0.25) is 0 Å². The molecule has 1 fully saturated rings. The summed E-state index contributed by atoms with van der Waals surface area (Å²) in [7, 11) is 1.99. The topological polar surface area (TPSA) is 56.7 Å². The van der Waals surface area contributed by atoms with Crippen LogP contribution in [0.5, 0.6) is 0 Å². The quantitative estimate of drug-likeness (QED) is 0.757. The molecule has 1 aromatic heterocycles. The molecular formula is C11H13N3O2. The number of hydrogen-bond acceptors (Lipinski definition) is 4. The minimum absolute atomic E-state index is 0.119. The van der Waals surface area contributed by atoms with Crippen molar-refractivity contribution in [1.29, 1.82) is 0 Å². The van der Waals surface area contributed by atoms with Crippen molar-refractivity contribution in [2.24, 2.45) is 0 Å². The second kappa shape index (κ2) is 3.10. The summed E-state index contributed by atoms with van der Waals surface area (Å²) in [5.41, 5.74) is 1.18. The summed E-state index contributed by atoms with van der Waals surface area (Å²) in [6.07, 6.45) is 1.12. The first-order valence-electron chi connectivity index (χ1n) is 5.39. The number of nitrogens with zero attached hydrogens (tertiary/aromatic N) is 3. The zero-order valence-corrected chi connectivity index (χ0v) is 9.05. The third kappa shape index (κ3) is 1.17. The number of rotatable bonds is 1. The first-order valence-corrected chi connectivity index (χ1v) is 5.39. The second-order valence-electron chi connectivity index (χ2n) is 4.34. The molecule has 1 saturated heterocycles. The molecule has 0 spiro atoms. The van der Waals surface area contributed by atoms with E-state index in [0.717, 1.165) is 31.0 Å². The molecule has 0 unspecified atom stereocenters. The molecule has 0 amide bonds. The van der Waals surface area contributed by atoms with Crippen molar-refractivity contribution in [2.75, 3.05) is 29.9 Å². The van der Waals surface area contributed by atoms with Crippen LogP contribution in [0, 0.1) is 0 Å². The Morgan fingerprint density at radius 1 is 1.56 bits per heavy atom. The third-order valence-corrected chi connectivity index (χ3v) is 3.46. The number of aromatic carboxylic acids is 1. The Labute approximate surface area is 93.3 Å². The van der Waals surface area contributed by atoms with Gasteiger partial charge in [0.25, 0.3) is 0 Å². The van der Waals surface area contributed by atoms with E-state index in [1.165, 1.54) is 0 Å². The zero-order chi connectivity index (χ0) is 11.3. The van der Waals surface area contributed by atoms with Crippen molar-refractivity contribution < 1.29 is 9.90 Å². The average molecular weight is 219 g/mol. The van der Waals surface area contributed by atoms with Gasteiger partial charge in [0.15, 0.2) is 11.5 Å². The molecule has 16 heavy (non-hydrogen) atoms. The van der Waals surface area contributed by atoms with Gasteiger partial charge in [-0.25, -0.2) is 9.78 Å². The number of carboxylic acid groups (broad SMARTS) is 1. The van der Waals surface area contributed by atoms with Crippen molar-refractivity contribution in [1.82, 2.24) is 4.98 Å². The van der Waals surface area contributed by atoms with Gasteiger partial charge >= 0.3 is 5.97 Å². The number of pyridine rings is 1. The Kier molecular flexibility index (Phi) is 1.83. The predicted octanol–water partition coefficient (Wildman–Crippen LogP) is 0.808. The van der Waals surface area contributed by atoms with Crippen LogP contribution in [0.3, 0.4) is 0 Å². The molecular weight excluding hydrogens is 206 g/mol. The maximum absolute atomic E-state index is 10.9. The fourth-order valence-electron chi connectivity index (χ4n) is 2.52. The van der Waals surface area contributed by atoms with Crippen molar-refractivity contribution in [3.05, 3.63) is 17.8 Å². The normalized spacial score (nSPS) is 22.2. The summed E-state index contributed by atoms with van der Waals surface area (Å²) in [5, 5.41) is 8.93. The van der Waals surface area contributed by atoms with Crippen molar-refractivity contribution in [2.45, 2.75) is 12.5 Å². The smallest absolute Gasteiger partial charge is 0.354 e. The molecule has 2 aliphatic heterocycles. The van der Waals surface area contributed by atoms with Crippen molar-refractivity contribution in [3.63, 3.8) is 0 Å². The zero-order valence-electron chi connectivity index (χ0n) is 9.05. The highest BCUT2D eigenvalue weighted by molar-refractivity contribution is 5.87. The van der Waals surface area contributed by atoms with Gasteiger partial charge in [-0.15, -0.1) is 0 Å². The van der Waals surface area contributed by atoms with Crippen molar-refractivity contribution >= 4 is 17.5 Å². The predicted molar refractivity (Wildman–Crippen MR) is 60.2 cm³/mol. The van der Waals surface area contributed by atoms with Gasteiger partial charge in [-0.1, -0.05) is 0 Å². The van der Waals surface area contributed by atoms with Crippen LogP contribution in [0.4, 0.5) is 11.5 Å². The van der Waals surface area contributed by atoms with Gasteiger partial charge in [-0.05, 0) is 18.6 Å². The minimum Gasteiger partial charge on any atom is -0.477 e. The van der Waals surface area contributed by atoms with E-state index in [0.29, 0.717) is 6.04 Å². The molecule has 84 valence electrons. The largest absolute Gasteiger partial charge is 0.477 e. The molecule has 1 atom stereocenters. The lowest BCUT2D eigenvalue weighted by molar-refractivity contribution is 0.0690. The maximum Gasteiger partial charge on any atom is 0.354 e. The highest BCUT2D eigenvalue weighted by atomic mass is 16.4. The van der Waals surface area contributed by atoms with Gasteiger partial charge in [0.1, 0.15) is 0 Å². The summed E-state index contributed by atoms with van der Waals surface area (Å²) in [6, 6.07) is 3.92. The van der Waals surface area contributed by atoms with Crippen LogP contribution in [0.15, 0.2) is 12.1 Å². The molecule has 2 bridgehead atoms. The standard InChI is InChI=1S/C11H13N3O2/c1-13-7-4-5-14(6-7)9-3-2-8(11(15)16)12-10(9)13/h2-3,7H,4-6H2,1H3,(H,15,16)/t7-/m0/s1. The van der Waals surface area contributed by atoms with Gasteiger partial charge in [0.05, 0.1) is 5.69 Å². The molecule has 5 nitrogen and oxygen atoms in total. The van der Waals surface area contributed by atoms with Gasteiger partial charge in [0.2, 0.25) is 0 Å². The molecule has 3 rings (SSSR count). The monoisotopic (exact) mass is 219 g/mol. The van der Waals surface area contributed by atoms with E-state index in [1.54, 1.807) is 6.07 Å². The molecule has 0 aromatic carbocycles. The van der Waals surface area contributed by atoms with E-state index in [4.69, 9.17) is 5.11 Å². The lowest BCUT2D eigenvalue weighted by atomic mass is 10.2. The maximum atomic E-state index is 10.9. The summed E-state index contributed by atoms with van der Waals surface area (Å²) in [6.45, 7) is 2.06. The van der Waals surface area contributed by atoms with Gasteiger partial charge < -0.3 is 14.9 Å². The summed E-state index contributed by atoms with van der Waals surface area (Å²) in [4.78, 5) is 19.5. The fourth-order valence-corrected chi connectivity index (χ4v) is 2.52. The Morgan fingerprint density at radius 2 is 2.38 bits per heavy atom. The Balaban J connectivity index is 2.12. The van der Waals surface area contributed by atoms with Crippen LogP contribution >= 0.6 is 0 Å². The lowest BCUT2D eigenvalue weighted by Gasteiger charge is -2.34.